The molecule has 3 rings (SSSR count). The maximum absolute atomic E-state index is 6.17. The molecule has 118 valence electrons. The number of methoxy groups -OCH3 is 1. The van der Waals surface area contributed by atoms with E-state index in [9.17, 15) is 0 Å². The molecule has 0 radical (unpaired) electrons. The van der Waals surface area contributed by atoms with Gasteiger partial charge in [0.2, 0.25) is 0 Å². The topological polar surface area (TPSA) is 39.5 Å². The number of ether oxygens (including phenoxy) is 2. The average molecular weight is 322 g/mol. The number of aromatic nitrogens is 2. The van der Waals surface area contributed by atoms with Crippen molar-refractivity contribution >= 4 is 11.6 Å². The lowest BCUT2D eigenvalue weighted by molar-refractivity contribution is -0.0155. The Morgan fingerprint density at radius 3 is 3.00 bits per heavy atom. The van der Waals surface area contributed by atoms with Gasteiger partial charge in [0.15, 0.2) is 0 Å². The van der Waals surface area contributed by atoms with E-state index in [1.54, 1.807) is 7.11 Å². The zero-order valence-electron chi connectivity index (χ0n) is 12.8. The predicted octanol–water partition coefficient (Wildman–Crippen LogP) is 2.66. The second-order valence-corrected chi connectivity index (χ2v) is 5.88. The Labute approximate surface area is 135 Å². The number of halogens is 1. The summed E-state index contributed by atoms with van der Waals surface area (Å²) in [6.45, 7) is 3.10. The number of hydrogen-bond donors (Lipinski definition) is 0. The second kappa shape index (κ2) is 6.69. The lowest BCUT2D eigenvalue weighted by Gasteiger charge is -2.35. The van der Waals surface area contributed by atoms with Crippen LogP contribution < -0.4 is 4.74 Å². The number of nitrogens with zero attached hydrogens (tertiary/aromatic N) is 3. The van der Waals surface area contributed by atoms with Gasteiger partial charge in [-0.15, -0.1) is 0 Å². The van der Waals surface area contributed by atoms with Crippen molar-refractivity contribution in [1.82, 2.24) is 14.7 Å². The van der Waals surface area contributed by atoms with E-state index in [0.717, 1.165) is 36.7 Å². The molecule has 1 aliphatic rings. The van der Waals surface area contributed by atoms with Crippen LogP contribution in [-0.4, -0.2) is 41.5 Å². The van der Waals surface area contributed by atoms with Gasteiger partial charge in [-0.2, -0.15) is 5.10 Å². The normalized spacial score (nSPS) is 19.3. The van der Waals surface area contributed by atoms with E-state index in [1.165, 1.54) is 0 Å². The van der Waals surface area contributed by atoms with Crippen LogP contribution in [0.1, 0.15) is 17.3 Å². The summed E-state index contributed by atoms with van der Waals surface area (Å²) in [6, 6.07) is 8.08. The molecule has 0 saturated carbocycles. The summed E-state index contributed by atoms with van der Waals surface area (Å²) in [5.74, 6) is 0.785. The molecule has 1 aliphatic heterocycles. The molecule has 1 aromatic carbocycles. The Bertz CT molecular complexity index is 644. The van der Waals surface area contributed by atoms with Crippen LogP contribution in [0.2, 0.25) is 5.02 Å². The van der Waals surface area contributed by atoms with Gasteiger partial charge in [-0.3, -0.25) is 9.58 Å². The van der Waals surface area contributed by atoms with Crippen molar-refractivity contribution in [3.8, 4) is 5.75 Å². The van der Waals surface area contributed by atoms with E-state index in [2.05, 4.69) is 10.00 Å². The third kappa shape index (κ3) is 3.27. The standard InChI is InChI=1S/C16H20ClN3O2/c1-19-15(3-4-18-19)16-11-22-6-5-20(16)10-12-7-13(17)9-14(8-12)21-2/h3-4,7-9,16H,5-6,10-11H2,1-2H3. The van der Waals surface area contributed by atoms with E-state index in [4.69, 9.17) is 21.1 Å². The zero-order valence-corrected chi connectivity index (χ0v) is 13.6. The van der Waals surface area contributed by atoms with Crippen LogP contribution in [0.3, 0.4) is 0 Å². The van der Waals surface area contributed by atoms with E-state index in [0.29, 0.717) is 11.6 Å². The highest BCUT2D eigenvalue weighted by atomic mass is 35.5. The fraction of sp³-hybridized carbons (Fsp3) is 0.438. The molecule has 5 nitrogen and oxygen atoms in total. The Hall–Kier alpha value is -1.56. The first kappa shape index (κ1) is 15.3. The van der Waals surface area contributed by atoms with Crippen LogP contribution in [0, 0.1) is 0 Å². The first-order valence-electron chi connectivity index (χ1n) is 7.30. The molecule has 0 N–H and O–H groups in total. The molecule has 0 bridgehead atoms. The van der Waals surface area contributed by atoms with Gasteiger partial charge in [-0.1, -0.05) is 11.6 Å². The van der Waals surface area contributed by atoms with Crippen LogP contribution in [-0.2, 0) is 18.3 Å². The molecule has 1 saturated heterocycles. The third-order valence-electron chi connectivity index (χ3n) is 3.99. The molecule has 0 spiro atoms. The summed E-state index contributed by atoms with van der Waals surface area (Å²) in [6.07, 6.45) is 1.82. The number of aryl methyl sites for hydroxylation is 1. The first-order valence-corrected chi connectivity index (χ1v) is 7.68. The van der Waals surface area contributed by atoms with Crippen molar-refractivity contribution < 1.29 is 9.47 Å². The molecule has 0 aliphatic carbocycles. The average Bonchev–Trinajstić information content (AvgIpc) is 2.93. The number of morpholine rings is 1. The van der Waals surface area contributed by atoms with Crippen LogP contribution in [0.15, 0.2) is 30.5 Å². The van der Waals surface area contributed by atoms with Gasteiger partial charge in [0.05, 0.1) is 32.1 Å². The van der Waals surface area contributed by atoms with Gasteiger partial charge in [0.25, 0.3) is 0 Å². The molecule has 22 heavy (non-hydrogen) atoms. The largest absolute Gasteiger partial charge is 0.497 e. The van der Waals surface area contributed by atoms with Crippen molar-refractivity contribution in [1.29, 1.82) is 0 Å². The summed E-state index contributed by atoms with van der Waals surface area (Å²) < 4.78 is 12.9. The molecule has 1 fully saturated rings. The minimum absolute atomic E-state index is 0.200. The highest BCUT2D eigenvalue weighted by molar-refractivity contribution is 6.30. The van der Waals surface area contributed by atoms with E-state index >= 15 is 0 Å². The zero-order chi connectivity index (χ0) is 15.5. The smallest absolute Gasteiger partial charge is 0.120 e. The van der Waals surface area contributed by atoms with Crippen LogP contribution in [0.25, 0.3) is 0 Å². The van der Waals surface area contributed by atoms with Gasteiger partial charge < -0.3 is 9.47 Å². The number of benzene rings is 1. The molecule has 1 unspecified atom stereocenters. The molecule has 1 aromatic heterocycles. The Morgan fingerprint density at radius 2 is 2.27 bits per heavy atom. The van der Waals surface area contributed by atoms with Crippen molar-refractivity contribution in [3.05, 3.63) is 46.7 Å². The van der Waals surface area contributed by atoms with Crippen molar-refractivity contribution in [2.24, 2.45) is 7.05 Å². The lowest BCUT2D eigenvalue weighted by Crippen LogP contribution is -2.39. The summed E-state index contributed by atoms with van der Waals surface area (Å²) in [4.78, 5) is 2.39. The highest BCUT2D eigenvalue weighted by Crippen LogP contribution is 2.28. The van der Waals surface area contributed by atoms with E-state index < -0.39 is 0 Å². The Morgan fingerprint density at radius 1 is 1.41 bits per heavy atom. The minimum Gasteiger partial charge on any atom is -0.497 e. The van der Waals surface area contributed by atoms with Crippen molar-refractivity contribution in [3.63, 3.8) is 0 Å². The van der Waals surface area contributed by atoms with Crippen LogP contribution >= 0.6 is 11.6 Å². The van der Waals surface area contributed by atoms with Gasteiger partial charge in [-0.05, 0) is 29.8 Å². The molecule has 0 amide bonds. The summed E-state index contributed by atoms with van der Waals surface area (Å²) in [5, 5.41) is 4.96. The maximum Gasteiger partial charge on any atom is 0.120 e. The third-order valence-corrected chi connectivity index (χ3v) is 4.21. The fourth-order valence-electron chi connectivity index (χ4n) is 2.88. The van der Waals surface area contributed by atoms with Gasteiger partial charge in [0.1, 0.15) is 5.75 Å². The second-order valence-electron chi connectivity index (χ2n) is 5.44. The minimum atomic E-state index is 0.200. The molecule has 1 atom stereocenters. The van der Waals surface area contributed by atoms with Crippen molar-refractivity contribution in [2.45, 2.75) is 12.6 Å². The summed E-state index contributed by atoms with van der Waals surface area (Å²) in [7, 11) is 3.62. The molecular formula is C16H20ClN3O2. The SMILES string of the molecule is COc1cc(Cl)cc(CN2CCOCC2c2ccnn2C)c1. The summed E-state index contributed by atoms with van der Waals surface area (Å²) in [5.41, 5.74) is 2.30. The number of hydrogen-bond acceptors (Lipinski definition) is 4. The van der Waals surface area contributed by atoms with E-state index in [1.807, 2.05) is 42.2 Å². The first-order chi connectivity index (χ1) is 10.7. The van der Waals surface area contributed by atoms with E-state index in [-0.39, 0.29) is 6.04 Å². The fourth-order valence-corrected chi connectivity index (χ4v) is 3.12. The molecule has 2 heterocycles. The van der Waals surface area contributed by atoms with Crippen LogP contribution in [0.5, 0.6) is 5.75 Å². The predicted molar refractivity (Wildman–Crippen MR) is 85.2 cm³/mol. The Balaban J connectivity index is 1.83. The Kier molecular flexibility index (Phi) is 4.66. The molecular weight excluding hydrogens is 302 g/mol. The maximum atomic E-state index is 6.17. The van der Waals surface area contributed by atoms with Gasteiger partial charge in [-0.25, -0.2) is 0 Å². The number of rotatable bonds is 4. The monoisotopic (exact) mass is 321 g/mol. The highest BCUT2D eigenvalue weighted by Gasteiger charge is 2.26. The van der Waals surface area contributed by atoms with Gasteiger partial charge >= 0.3 is 0 Å². The van der Waals surface area contributed by atoms with Crippen LogP contribution in [0.4, 0.5) is 0 Å². The molecule has 6 heteroatoms. The quantitative estimate of drug-likeness (QED) is 0.868. The lowest BCUT2D eigenvalue weighted by atomic mass is 10.1. The van der Waals surface area contributed by atoms with Crippen molar-refractivity contribution in [2.75, 3.05) is 26.9 Å². The molecule has 2 aromatic rings. The van der Waals surface area contributed by atoms with Gasteiger partial charge in [0, 0.05) is 31.4 Å². The summed E-state index contributed by atoms with van der Waals surface area (Å²) >= 11 is 6.17.